The first kappa shape index (κ1) is 19.3. The Morgan fingerprint density at radius 3 is 2.19 bits per heavy atom. The van der Waals surface area contributed by atoms with E-state index in [0.717, 1.165) is 11.3 Å². The number of sulfonamides is 2. The van der Waals surface area contributed by atoms with Crippen molar-refractivity contribution >= 4 is 37.3 Å². The summed E-state index contributed by atoms with van der Waals surface area (Å²) in [5.41, 5.74) is 1.77. The Hall–Kier alpha value is -2.43. The van der Waals surface area contributed by atoms with Crippen LogP contribution in [-0.4, -0.2) is 36.3 Å². The molecule has 2 aromatic carbocycles. The summed E-state index contributed by atoms with van der Waals surface area (Å²) in [6, 6.07) is 10.0. The molecule has 0 unspecified atom stereocenters. The van der Waals surface area contributed by atoms with Crippen molar-refractivity contribution in [2.45, 2.75) is 23.1 Å². The molecule has 0 aromatic heterocycles. The van der Waals surface area contributed by atoms with Gasteiger partial charge >= 0.3 is 0 Å². The largest absolute Gasteiger partial charge is 0.312 e. The number of fused-ring (bicyclic) bond motifs is 1. The minimum absolute atomic E-state index is 0.0369. The number of hydrogen-bond donors (Lipinski definition) is 2. The predicted octanol–water partition coefficient (Wildman–Crippen LogP) is 1.30. The maximum atomic E-state index is 12.6. The van der Waals surface area contributed by atoms with Gasteiger partial charge < -0.3 is 4.90 Å². The summed E-state index contributed by atoms with van der Waals surface area (Å²) >= 11 is 0. The molecule has 0 saturated heterocycles. The molecule has 2 aromatic rings. The number of benzene rings is 2. The Morgan fingerprint density at radius 1 is 0.963 bits per heavy atom. The average molecular weight is 409 g/mol. The molecule has 0 saturated carbocycles. The fourth-order valence-corrected chi connectivity index (χ4v) is 4.75. The van der Waals surface area contributed by atoms with Gasteiger partial charge in [0.15, 0.2) is 0 Å². The van der Waals surface area contributed by atoms with Crippen LogP contribution >= 0.6 is 0 Å². The summed E-state index contributed by atoms with van der Waals surface area (Å²) < 4.78 is 53.3. The number of nitrogens with one attached hydrogen (secondary N) is 2. The van der Waals surface area contributed by atoms with Crippen LogP contribution in [0, 0.1) is 0 Å². The van der Waals surface area contributed by atoms with Crippen LogP contribution in [0.3, 0.4) is 0 Å². The Bertz CT molecular complexity index is 1090. The molecule has 3 rings (SSSR count). The number of hydrogen-bond acceptors (Lipinski definition) is 5. The first-order chi connectivity index (χ1) is 12.6. The van der Waals surface area contributed by atoms with Crippen LogP contribution in [0.4, 0.5) is 11.4 Å². The molecule has 2 N–H and O–H groups in total. The van der Waals surface area contributed by atoms with Gasteiger partial charge in [-0.25, -0.2) is 21.6 Å². The fraction of sp³-hybridized carbons (Fsp3) is 0.235. The second-order valence-electron chi connectivity index (χ2n) is 6.05. The van der Waals surface area contributed by atoms with Crippen LogP contribution in [-0.2, 0) is 31.3 Å². The Labute approximate surface area is 158 Å². The smallest absolute Gasteiger partial charge is 0.261 e. The van der Waals surface area contributed by atoms with Gasteiger partial charge in [0.1, 0.15) is 0 Å². The lowest BCUT2D eigenvalue weighted by Gasteiger charge is -2.15. The summed E-state index contributed by atoms with van der Waals surface area (Å²) in [5.74, 6) is -0.0842. The molecule has 1 amide bonds. The summed E-state index contributed by atoms with van der Waals surface area (Å²) in [5, 5.41) is 0. The molecule has 0 spiro atoms. The van der Waals surface area contributed by atoms with Gasteiger partial charge in [0.2, 0.25) is 15.9 Å². The molecule has 0 bridgehead atoms. The molecular formula is C17H19N3O5S2. The summed E-state index contributed by atoms with van der Waals surface area (Å²) in [7, 11) is -6.14. The minimum atomic E-state index is -3.85. The fourth-order valence-electron chi connectivity index (χ4n) is 2.91. The van der Waals surface area contributed by atoms with Crippen LogP contribution in [0.15, 0.2) is 52.3 Å². The summed E-state index contributed by atoms with van der Waals surface area (Å²) in [6.45, 7) is 2.00. The third-order valence-corrected chi connectivity index (χ3v) is 7.13. The van der Waals surface area contributed by atoms with Crippen LogP contribution < -0.4 is 14.3 Å². The van der Waals surface area contributed by atoms with Crippen LogP contribution in [0.5, 0.6) is 0 Å². The van der Waals surface area contributed by atoms with E-state index >= 15 is 0 Å². The SMILES string of the molecule is CNS(=O)(=O)c1ccc(NS(=O)(=O)c2ccc3c(c2)CCN3C(C)=O)cc1. The molecule has 1 aliphatic heterocycles. The van der Waals surface area contributed by atoms with Crippen molar-refractivity contribution in [3.63, 3.8) is 0 Å². The van der Waals surface area contributed by atoms with E-state index in [-0.39, 0.29) is 21.4 Å². The first-order valence-corrected chi connectivity index (χ1v) is 11.1. The molecule has 0 aliphatic carbocycles. The number of carbonyl (C=O) groups excluding carboxylic acids is 1. The molecular weight excluding hydrogens is 390 g/mol. The molecule has 10 heteroatoms. The number of anilines is 2. The first-order valence-electron chi connectivity index (χ1n) is 8.11. The Morgan fingerprint density at radius 2 is 1.59 bits per heavy atom. The van der Waals surface area contributed by atoms with Gasteiger partial charge in [-0.2, -0.15) is 0 Å². The molecule has 1 aliphatic rings. The topological polar surface area (TPSA) is 113 Å². The van der Waals surface area contributed by atoms with Gasteiger partial charge in [-0.05, 0) is 61.5 Å². The standard InChI is InChI=1S/C17H19N3O5S2/c1-12(21)20-10-9-13-11-16(7-8-17(13)20)27(24,25)19-14-3-5-15(6-4-14)26(22,23)18-2/h3-8,11,18-19H,9-10H2,1-2H3. The highest BCUT2D eigenvalue weighted by Gasteiger charge is 2.25. The van der Waals surface area contributed by atoms with Crippen molar-refractivity contribution in [1.29, 1.82) is 0 Å². The molecule has 27 heavy (non-hydrogen) atoms. The predicted molar refractivity (Wildman–Crippen MR) is 102 cm³/mol. The number of amides is 1. The molecule has 1 heterocycles. The van der Waals surface area contributed by atoms with E-state index in [1.807, 2.05) is 0 Å². The van der Waals surface area contributed by atoms with Crippen LogP contribution in [0.25, 0.3) is 0 Å². The van der Waals surface area contributed by atoms with Crippen molar-refractivity contribution in [2.24, 2.45) is 0 Å². The van der Waals surface area contributed by atoms with Crippen molar-refractivity contribution in [1.82, 2.24) is 4.72 Å². The van der Waals surface area contributed by atoms with E-state index < -0.39 is 20.0 Å². The third kappa shape index (κ3) is 3.82. The average Bonchev–Trinajstić information content (AvgIpc) is 3.05. The van der Waals surface area contributed by atoms with E-state index in [2.05, 4.69) is 9.44 Å². The molecule has 0 atom stereocenters. The highest BCUT2D eigenvalue weighted by molar-refractivity contribution is 7.92. The summed E-state index contributed by atoms with van der Waals surface area (Å²) in [4.78, 5) is 13.3. The third-order valence-electron chi connectivity index (χ3n) is 4.32. The summed E-state index contributed by atoms with van der Waals surface area (Å²) in [6.07, 6.45) is 0.592. The number of rotatable bonds is 5. The zero-order chi connectivity index (χ0) is 19.8. The second kappa shape index (κ2) is 6.95. The van der Waals surface area contributed by atoms with Crippen molar-refractivity contribution in [2.75, 3.05) is 23.2 Å². The quantitative estimate of drug-likeness (QED) is 0.773. The Balaban J connectivity index is 1.85. The van der Waals surface area contributed by atoms with E-state index in [1.54, 1.807) is 17.0 Å². The van der Waals surface area contributed by atoms with Crippen molar-refractivity contribution in [3.05, 3.63) is 48.0 Å². The molecule has 144 valence electrons. The van der Waals surface area contributed by atoms with Crippen molar-refractivity contribution < 1.29 is 21.6 Å². The van der Waals surface area contributed by atoms with Crippen LogP contribution in [0.1, 0.15) is 12.5 Å². The molecule has 0 fully saturated rings. The zero-order valence-corrected chi connectivity index (χ0v) is 16.4. The minimum Gasteiger partial charge on any atom is -0.312 e. The van der Waals surface area contributed by atoms with Crippen molar-refractivity contribution in [3.8, 4) is 0 Å². The van der Waals surface area contributed by atoms with E-state index in [4.69, 9.17) is 0 Å². The van der Waals surface area contributed by atoms with E-state index in [9.17, 15) is 21.6 Å². The molecule has 8 nitrogen and oxygen atoms in total. The highest BCUT2D eigenvalue weighted by atomic mass is 32.2. The van der Waals surface area contributed by atoms with Crippen LogP contribution in [0.2, 0.25) is 0 Å². The normalized spacial score (nSPS) is 14.1. The monoisotopic (exact) mass is 409 g/mol. The van der Waals surface area contributed by atoms with Gasteiger partial charge in [-0.15, -0.1) is 0 Å². The Kier molecular flexibility index (Phi) is 4.98. The lowest BCUT2D eigenvalue weighted by molar-refractivity contribution is -0.116. The van der Waals surface area contributed by atoms with Gasteiger partial charge in [0.05, 0.1) is 9.79 Å². The molecule has 0 radical (unpaired) electrons. The highest BCUT2D eigenvalue weighted by Crippen LogP contribution is 2.30. The van der Waals surface area contributed by atoms with Gasteiger partial charge in [-0.1, -0.05) is 0 Å². The second-order valence-corrected chi connectivity index (χ2v) is 9.62. The zero-order valence-electron chi connectivity index (χ0n) is 14.8. The van der Waals surface area contributed by atoms with E-state index in [0.29, 0.717) is 13.0 Å². The lowest BCUT2D eigenvalue weighted by Crippen LogP contribution is -2.25. The number of carbonyl (C=O) groups is 1. The van der Waals surface area contributed by atoms with Gasteiger partial charge in [0, 0.05) is 24.8 Å². The van der Waals surface area contributed by atoms with Gasteiger partial charge in [0.25, 0.3) is 10.0 Å². The maximum Gasteiger partial charge on any atom is 0.261 e. The van der Waals surface area contributed by atoms with Gasteiger partial charge in [-0.3, -0.25) is 9.52 Å². The lowest BCUT2D eigenvalue weighted by atomic mass is 10.2. The van der Waals surface area contributed by atoms with E-state index in [1.165, 1.54) is 44.3 Å². The maximum absolute atomic E-state index is 12.6. The number of nitrogens with zero attached hydrogens (tertiary/aromatic N) is 1.